The summed E-state index contributed by atoms with van der Waals surface area (Å²) in [6, 6.07) is 24.0. The minimum absolute atomic E-state index is 0.0696. The molecule has 6 nitrogen and oxygen atoms in total. The van der Waals surface area contributed by atoms with Crippen molar-refractivity contribution in [2.45, 2.75) is 12.3 Å². The second-order valence-corrected chi connectivity index (χ2v) is 6.78. The van der Waals surface area contributed by atoms with Gasteiger partial charge in [-0.2, -0.15) is 0 Å². The van der Waals surface area contributed by atoms with Crippen molar-refractivity contribution in [3.05, 3.63) is 95.6 Å². The maximum Gasteiger partial charge on any atom is 0.349 e. The second kappa shape index (κ2) is 7.67. The van der Waals surface area contributed by atoms with Crippen LogP contribution in [0.1, 0.15) is 23.6 Å². The van der Waals surface area contributed by atoms with Crippen molar-refractivity contribution in [1.29, 1.82) is 0 Å². The number of carbonyl (C=O) groups excluding carboxylic acids is 1. The monoisotopic (exact) mass is 388 g/mol. The lowest BCUT2D eigenvalue weighted by molar-refractivity contribution is -0.148. The van der Waals surface area contributed by atoms with Crippen LogP contribution < -0.4 is 15.2 Å². The molecular weight excluding hydrogens is 368 g/mol. The van der Waals surface area contributed by atoms with Gasteiger partial charge in [-0.25, -0.2) is 4.79 Å². The zero-order valence-electron chi connectivity index (χ0n) is 15.9. The van der Waals surface area contributed by atoms with Gasteiger partial charge >= 0.3 is 5.97 Å². The van der Waals surface area contributed by atoms with E-state index in [1.54, 1.807) is 18.2 Å². The maximum absolute atomic E-state index is 13.2. The standard InChI is InChI=1S/C23H20N2O4/c1-23(17-8-4-2-5-9-17,18-10-6-3-7-11-18)22(26)29-25-21(24)16-12-13-19-20(14-16)28-15-27-19/h2-14H,15H2,1H3,(H2,24,25). The Hall–Kier alpha value is -3.80. The number of fused-ring (bicyclic) bond motifs is 1. The molecule has 0 spiro atoms. The molecule has 0 bridgehead atoms. The molecule has 4 rings (SSSR count). The van der Waals surface area contributed by atoms with Gasteiger partial charge in [0.15, 0.2) is 17.3 Å². The van der Waals surface area contributed by atoms with Crippen molar-refractivity contribution >= 4 is 11.8 Å². The van der Waals surface area contributed by atoms with Crippen LogP contribution in [-0.2, 0) is 15.0 Å². The predicted octanol–water partition coefficient (Wildman–Crippen LogP) is 3.59. The molecule has 0 saturated heterocycles. The Morgan fingerprint density at radius 1 is 0.931 bits per heavy atom. The number of rotatable bonds is 5. The molecule has 3 aromatic carbocycles. The highest BCUT2D eigenvalue weighted by Crippen LogP contribution is 2.34. The van der Waals surface area contributed by atoms with Gasteiger partial charge in [0.2, 0.25) is 6.79 Å². The van der Waals surface area contributed by atoms with E-state index in [1.807, 2.05) is 67.6 Å². The molecule has 0 radical (unpaired) electrons. The first-order chi connectivity index (χ1) is 14.1. The summed E-state index contributed by atoms with van der Waals surface area (Å²) in [7, 11) is 0. The lowest BCUT2D eigenvalue weighted by atomic mass is 9.76. The first-order valence-electron chi connectivity index (χ1n) is 9.15. The van der Waals surface area contributed by atoms with Gasteiger partial charge in [0.05, 0.1) is 0 Å². The molecule has 1 aliphatic rings. The second-order valence-electron chi connectivity index (χ2n) is 6.78. The van der Waals surface area contributed by atoms with Crippen molar-refractivity contribution in [1.82, 2.24) is 0 Å². The largest absolute Gasteiger partial charge is 0.454 e. The van der Waals surface area contributed by atoms with Gasteiger partial charge in [0.25, 0.3) is 0 Å². The van der Waals surface area contributed by atoms with Crippen molar-refractivity contribution in [3.8, 4) is 11.5 Å². The van der Waals surface area contributed by atoms with Crippen LogP contribution in [0.3, 0.4) is 0 Å². The van der Waals surface area contributed by atoms with Crippen molar-refractivity contribution in [2.75, 3.05) is 6.79 Å². The molecular formula is C23H20N2O4. The zero-order valence-corrected chi connectivity index (χ0v) is 15.9. The summed E-state index contributed by atoms with van der Waals surface area (Å²) in [5.41, 5.74) is 7.16. The van der Waals surface area contributed by atoms with E-state index in [1.165, 1.54) is 0 Å². The molecule has 6 heteroatoms. The minimum Gasteiger partial charge on any atom is -0.454 e. The number of benzene rings is 3. The number of hydrogen-bond donors (Lipinski definition) is 1. The fraction of sp³-hybridized carbons (Fsp3) is 0.130. The zero-order chi connectivity index (χ0) is 20.3. The maximum atomic E-state index is 13.2. The van der Waals surface area contributed by atoms with Crippen LogP contribution in [0.25, 0.3) is 0 Å². The van der Waals surface area contributed by atoms with E-state index in [0.29, 0.717) is 17.1 Å². The number of nitrogens with two attached hydrogens (primary N) is 1. The van der Waals surface area contributed by atoms with Crippen LogP contribution in [0.2, 0.25) is 0 Å². The van der Waals surface area contributed by atoms with Gasteiger partial charge in [-0.1, -0.05) is 65.8 Å². The van der Waals surface area contributed by atoms with Gasteiger partial charge < -0.3 is 20.0 Å². The van der Waals surface area contributed by atoms with E-state index in [9.17, 15) is 4.79 Å². The molecule has 146 valence electrons. The van der Waals surface area contributed by atoms with E-state index in [2.05, 4.69) is 5.16 Å². The number of ether oxygens (including phenoxy) is 2. The molecule has 0 aliphatic carbocycles. The van der Waals surface area contributed by atoms with Crippen LogP contribution in [0, 0.1) is 0 Å². The molecule has 2 N–H and O–H groups in total. The minimum atomic E-state index is -1.04. The normalized spacial score (nSPS) is 13.2. The van der Waals surface area contributed by atoms with E-state index in [-0.39, 0.29) is 12.6 Å². The van der Waals surface area contributed by atoms with Crippen LogP contribution >= 0.6 is 0 Å². The van der Waals surface area contributed by atoms with Crippen LogP contribution in [-0.4, -0.2) is 18.6 Å². The Morgan fingerprint density at radius 3 is 2.14 bits per heavy atom. The van der Waals surface area contributed by atoms with E-state index < -0.39 is 11.4 Å². The summed E-state index contributed by atoms with van der Waals surface area (Å²) in [5, 5.41) is 3.89. The Bertz CT molecular complexity index is 1010. The third kappa shape index (κ3) is 3.52. The third-order valence-electron chi connectivity index (χ3n) is 5.01. The quantitative estimate of drug-likeness (QED) is 0.313. The molecule has 1 heterocycles. The summed E-state index contributed by atoms with van der Waals surface area (Å²) in [6.07, 6.45) is 0. The SMILES string of the molecule is CC(C(=O)O/N=C(/N)c1ccc2c(c1)OCO2)(c1ccccc1)c1ccccc1. The van der Waals surface area contributed by atoms with Crippen LogP contribution in [0.15, 0.2) is 84.0 Å². The molecule has 0 atom stereocenters. The van der Waals surface area contributed by atoms with Crippen molar-refractivity contribution < 1.29 is 19.1 Å². The van der Waals surface area contributed by atoms with Gasteiger partial charge in [-0.3, -0.25) is 0 Å². The molecule has 0 saturated carbocycles. The average molecular weight is 388 g/mol. The fourth-order valence-corrected chi connectivity index (χ4v) is 3.24. The molecule has 0 amide bonds. The molecule has 29 heavy (non-hydrogen) atoms. The lowest BCUT2D eigenvalue weighted by Gasteiger charge is -2.27. The van der Waals surface area contributed by atoms with E-state index in [4.69, 9.17) is 20.0 Å². The van der Waals surface area contributed by atoms with Gasteiger partial charge in [-0.15, -0.1) is 0 Å². The third-order valence-corrected chi connectivity index (χ3v) is 5.01. The van der Waals surface area contributed by atoms with Gasteiger partial charge in [-0.05, 0) is 36.2 Å². The van der Waals surface area contributed by atoms with Crippen molar-refractivity contribution in [2.24, 2.45) is 10.9 Å². The highest BCUT2D eigenvalue weighted by atomic mass is 16.7. The highest BCUT2D eigenvalue weighted by molar-refractivity contribution is 5.98. The summed E-state index contributed by atoms with van der Waals surface area (Å²) < 4.78 is 10.6. The number of hydrogen-bond acceptors (Lipinski definition) is 5. The number of amidine groups is 1. The predicted molar refractivity (Wildman–Crippen MR) is 109 cm³/mol. The van der Waals surface area contributed by atoms with E-state index >= 15 is 0 Å². The smallest absolute Gasteiger partial charge is 0.349 e. The molecule has 0 unspecified atom stereocenters. The summed E-state index contributed by atoms with van der Waals surface area (Å²) in [4.78, 5) is 18.5. The fourth-order valence-electron chi connectivity index (χ4n) is 3.24. The van der Waals surface area contributed by atoms with Crippen molar-refractivity contribution in [3.63, 3.8) is 0 Å². The molecule has 0 aromatic heterocycles. The number of nitrogens with zero attached hydrogens (tertiary/aromatic N) is 1. The Balaban J connectivity index is 1.63. The van der Waals surface area contributed by atoms with Crippen LogP contribution in [0.5, 0.6) is 11.5 Å². The topological polar surface area (TPSA) is 83.1 Å². The molecule has 3 aromatic rings. The number of carbonyl (C=O) groups is 1. The number of oxime groups is 1. The van der Waals surface area contributed by atoms with Gasteiger partial charge in [0, 0.05) is 5.56 Å². The first-order valence-corrected chi connectivity index (χ1v) is 9.15. The highest BCUT2D eigenvalue weighted by Gasteiger charge is 2.39. The Morgan fingerprint density at radius 2 is 1.52 bits per heavy atom. The lowest BCUT2D eigenvalue weighted by Crippen LogP contribution is -2.35. The Kier molecular flexibility index (Phi) is 4.91. The summed E-state index contributed by atoms with van der Waals surface area (Å²) >= 11 is 0. The summed E-state index contributed by atoms with van der Waals surface area (Å²) in [6.45, 7) is 1.98. The molecule has 0 fully saturated rings. The van der Waals surface area contributed by atoms with E-state index in [0.717, 1.165) is 11.1 Å². The average Bonchev–Trinajstić information content (AvgIpc) is 3.25. The van der Waals surface area contributed by atoms with Gasteiger partial charge in [0.1, 0.15) is 5.41 Å². The first kappa shape index (κ1) is 18.6. The summed E-state index contributed by atoms with van der Waals surface area (Å²) in [5.74, 6) is 0.753. The van der Waals surface area contributed by atoms with Crippen LogP contribution in [0.4, 0.5) is 0 Å². The molecule has 1 aliphatic heterocycles. The Labute approximate surface area is 168 Å².